The van der Waals surface area contributed by atoms with E-state index < -0.39 is 11.8 Å². The highest BCUT2D eigenvalue weighted by Gasteiger charge is 2.30. The van der Waals surface area contributed by atoms with E-state index in [0.29, 0.717) is 16.8 Å². The van der Waals surface area contributed by atoms with Crippen LogP contribution in [-0.4, -0.2) is 22.1 Å². The van der Waals surface area contributed by atoms with Crippen LogP contribution in [0, 0.1) is 6.92 Å². The lowest BCUT2D eigenvalue weighted by Crippen LogP contribution is -2.31. The number of hydrogen-bond acceptors (Lipinski definition) is 6. The van der Waals surface area contributed by atoms with Crippen molar-refractivity contribution < 1.29 is 19.1 Å². The van der Waals surface area contributed by atoms with E-state index in [2.05, 4.69) is 5.32 Å². The number of fused-ring (bicyclic) bond motifs is 1. The number of carbonyl (C=O) groups excluding carboxylic acids is 3. The molecule has 0 unspecified atom stereocenters. The number of esters is 1. The van der Waals surface area contributed by atoms with Gasteiger partial charge in [-0.25, -0.2) is 0 Å². The molecule has 7 heteroatoms. The zero-order chi connectivity index (χ0) is 19.7. The normalized spacial score (nSPS) is 13.1. The smallest absolute Gasteiger partial charge is 0.302 e. The Balaban J connectivity index is 1.99. The van der Waals surface area contributed by atoms with Crippen molar-refractivity contribution in [3.05, 3.63) is 74.8 Å². The SMILES string of the molecule is CC(=O)OCc1ccccc1NC1=CC(=O)c2c(c(C)cc(=O)n2C)C1=O. The molecule has 2 aromatic rings. The minimum Gasteiger partial charge on any atom is -0.461 e. The van der Waals surface area contributed by atoms with E-state index in [1.807, 2.05) is 0 Å². The molecule has 0 spiro atoms. The second kappa shape index (κ2) is 7.03. The van der Waals surface area contributed by atoms with Gasteiger partial charge < -0.3 is 14.6 Å². The largest absolute Gasteiger partial charge is 0.461 e. The Labute approximate surface area is 155 Å². The number of ketones is 2. The molecule has 1 aromatic carbocycles. The molecule has 0 bridgehead atoms. The third kappa shape index (κ3) is 3.44. The van der Waals surface area contributed by atoms with Gasteiger partial charge >= 0.3 is 5.97 Å². The number of nitrogens with zero attached hydrogens (tertiary/aromatic N) is 1. The predicted molar refractivity (Wildman–Crippen MR) is 98.7 cm³/mol. The van der Waals surface area contributed by atoms with Gasteiger partial charge in [-0.05, 0) is 18.6 Å². The van der Waals surface area contributed by atoms with Crippen molar-refractivity contribution in [2.75, 3.05) is 5.32 Å². The first kappa shape index (κ1) is 18.3. The number of carbonyl (C=O) groups is 3. The van der Waals surface area contributed by atoms with Crippen LogP contribution < -0.4 is 10.9 Å². The summed E-state index contributed by atoms with van der Waals surface area (Å²) in [6, 6.07) is 8.35. The van der Waals surface area contributed by atoms with Gasteiger partial charge in [-0.1, -0.05) is 18.2 Å². The lowest BCUT2D eigenvalue weighted by Gasteiger charge is -2.21. The van der Waals surface area contributed by atoms with E-state index in [-0.39, 0.29) is 34.9 Å². The maximum Gasteiger partial charge on any atom is 0.302 e. The average molecular weight is 366 g/mol. The van der Waals surface area contributed by atoms with Crippen LogP contribution in [0.3, 0.4) is 0 Å². The van der Waals surface area contributed by atoms with Gasteiger partial charge in [0.2, 0.25) is 11.6 Å². The number of allylic oxidation sites excluding steroid dienone is 2. The van der Waals surface area contributed by atoms with Crippen LogP contribution in [0.5, 0.6) is 0 Å². The van der Waals surface area contributed by atoms with E-state index in [9.17, 15) is 19.2 Å². The fraction of sp³-hybridized carbons (Fsp3) is 0.200. The Hall–Kier alpha value is -3.48. The lowest BCUT2D eigenvalue weighted by molar-refractivity contribution is -0.142. The molecule has 0 radical (unpaired) electrons. The second-order valence-corrected chi connectivity index (χ2v) is 6.26. The molecule has 1 aliphatic carbocycles. The summed E-state index contributed by atoms with van der Waals surface area (Å²) in [5.41, 5.74) is 1.72. The predicted octanol–water partition coefficient (Wildman–Crippen LogP) is 2.13. The Morgan fingerprint density at radius 2 is 1.89 bits per heavy atom. The number of para-hydroxylation sites is 1. The monoisotopic (exact) mass is 366 g/mol. The van der Waals surface area contributed by atoms with E-state index in [1.54, 1.807) is 31.2 Å². The van der Waals surface area contributed by atoms with Gasteiger partial charge in [0.1, 0.15) is 12.3 Å². The number of hydrogen-bond donors (Lipinski definition) is 1. The van der Waals surface area contributed by atoms with Gasteiger partial charge in [-0.3, -0.25) is 19.2 Å². The summed E-state index contributed by atoms with van der Waals surface area (Å²) < 4.78 is 6.21. The Morgan fingerprint density at radius 3 is 2.59 bits per heavy atom. The zero-order valence-corrected chi connectivity index (χ0v) is 15.2. The van der Waals surface area contributed by atoms with Gasteiger partial charge in [0, 0.05) is 37.4 Å². The molecular weight excluding hydrogens is 348 g/mol. The highest BCUT2D eigenvalue weighted by Crippen LogP contribution is 2.26. The second-order valence-electron chi connectivity index (χ2n) is 6.26. The molecule has 1 heterocycles. The van der Waals surface area contributed by atoms with Crippen molar-refractivity contribution in [2.24, 2.45) is 7.05 Å². The fourth-order valence-electron chi connectivity index (χ4n) is 2.98. The van der Waals surface area contributed by atoms with Gasteiger partial charge in [-0.15, -0.1) is 0 Å². The maximum absolute atomic E-state index is 12.9. The lowest BCUT2D eigenvalue weighted by atomic mass is 9.92. The number of benzene rings is 1. The van der Waals surface area contributed by atoms with Gasteiger partial charge in [0.25, 0.3) is 5.56 Å². The van der Waals surface area contributed by atoms with Crippen LogP contribution in [0.25, 0.3) is 0 Å². The highest BCUT2D eigenvalue weighted by atomic mass is 16.5. The molecule has 3 rings (SSSR count). The molecule has 0 atom stereocenters. The number of pyridine rings is 1. The van der Waals surface area contributed by atoms with E-state index in [1.165, 1.54) is 30.7 Å². The molecule has 1 aliphatic rings. The van der Waals surface area contributed by atoms with Crippen molar-refractivity contribution in [2.45, 2.75) is 20.5 Å². The minimum absolute atomic E-state index is 0.0397. The van der Waals surface area contributed by atoms with E-state index in [0.717, 1.165) is 0 Å². The first-order valence-electron chi connectivity index (χ1n) is 8.29. The maximum atomic E-state index is 12.9. The van der Waals surface area contributed by atoms with Crippen molar-refractivity contribution in [1.82, 2.24) is 4.57 Å². The summed E-state index contributed by atoms with van der Waals surface area (Å²) in [6.45, 7) is 2.98. The highest BCUT2D eigenvalue weighted by molar-refractivity contribution is 6.25. The van der Waals surface area contributed by atoms with Gasteiger partial charge in [0.05, 0.1) is 11.3 Å². The van der Waals surface area contributed by atoms with Crippen molar-refractivity contribution >= 4 is 23.2 Å². The van der Waals surface area contributed by atoms with Crippen LogP contribution in [0.2, 0.25) is 0 Å². The van der Waals surface area contributed by atoms with E-state index >= 15 is 0 Å². The zero-order valence-electron chi connectivity index (χ0n) is 15.2. The molecule has 0 aliphatic heterocycles. The van der Waals surface area contributed by atoms with Crippen molar-refractivity contribution in [1.29, 1.82) is 0 Å². The quantitative estimate of drug-likeness (QED) is 0.833. The Kier molecular flexibility index (Phi) is 4.77. The Bertz CT molecular complexity index is 1060. The standard InChI is InChI=1S/C20H18N2O5/c1-11-8-17(25)22(3)19-16(24)9-15(20(26)18(11)19)21-14-7-5-4-6-13(14)10-27-12(2)23/h4-9,21H,10H2,1-3H3. The summed E-state index contributed by atoms with van der Waals surface area (Å²) >= 11 is 0. The first-order valence-corrected chi connectivity index (χ1v) is 8.29. The number of aryl methyl sites for hydroxylation is 1. The number of aromatic nitrogens is 1. The molecule has 0 fully saturated rings. The third-order valence-electron chi connectivity index (χ3n) is 4.34. The summed E-state index contributed by atoms with van der Waals surface area (Å²) in [5, 5.41) is 2.97. The number of anilines is 1. The van der Waals surface area contributed by atoms with Crippen LogP contribution >= 0.6 is 0 Å². The van der Waals surface area contributed by atoms with Crippen LogP contribution in [-0.2, 0) is 23.2 Å². The van der Waals surface area contributed by atoms with Gasteiger partial charge in [0.15, 0.2) is 0 Å². The molecule has 138 valence electrons. The van der Waals surface area contributed by atoms with Crippen LogP contribution in [0.4, 0.5) is 5.69 Å². The molecule has 7 nitrogen and oxygen atoms in total. The summed E-state index contributed by atoms with van der Waals surface area (Å²) in [4.78, 5) is 48.5. The third-order valence-corrected chi connectivity index (χ3v) is 4.34. The van der Waals surface area contributed by atoms with Gasteiger partial charge in [-0.2, -0.15) is 0 Å². The Morgan fingerprint density at radius 1 is 1.19 bits per heavy atom. The summed E-state index contributed by atoms with van der Waals surface area (Å²) in [5.74, 6) is -1.22. The molecule has 1 N–H and O–H groups in total. The molecule has 0 saturated carbocycles. The van der Waals surface area contributed by atoms with Crippen molar-refractivity contribution in [3.63, 3.8) is 0 Å². The number of rotatable bonds is 4. The van der Waals surface area contributed by atoms with Crippen LogP contribution in [0.15, 0.2) is 46.9 Å². The number of ether oxygens (including phenoxy) is 1. The average Bonchev–Trinajstić information content (AvgIpc) is 2.61. The summed E-state index contributed by atoms with van der Waals surface area (Å²) in [6.07, 6.45) is 1.19. The molecule has 1 aromatic heterocycles. The molecular formula is C20H18N2O5. The molecule has 0 amide bonds. The number of nitrogens with one attached hydrogen (secondary N) is 1. The topological polar surface area (TPSA) is 94.5 Å². The number of Topliss-reactive ketones (excluding diaryl/α,β-unsaturated/α-hetero) is 1. The minimum atomic E-state index is -0.423. The van der Waals surface area contributed by atoms with Crippen LogP contribution in [0.1, 0.15) is 38.9 Å². The van der Waals surface area contributed by atoms with E-state index in [4.69, 9.17) is 4.74 Å². The molecule has 0 saturated heterocycles. The first-order chi connectivity index (χ1) is 12.8. The fourth-order valence-corrected chi connectivity index (χ4v) is 2.98. The molecule has 27 heavy (non-hydrogen) atoms. The summed E-state index contributed by atoms with van der Waals surface area (Å²) in [7, 11) is 1.46. The van der Waals surface area contributed by atoms with Crippen molar-refractivity contribution in [3.8, 4) is 0 Å².